The summed E-state index contributed by atoms with van der Waals surface area (Å²) in [5, 5.41) is 2.93. The fourth-order valence-electron chi connectivity index (χ4n) is 3.42. The Bertz CT molecular complexity index is 1070. The van der Waals surface area contributed by atoms with E-state index in [4.69, 9.17) is 4.74 Å². The molecule has 1 aliphatic heterocycles. The number of carbonyl (C=O) groups excluding carboxylic acids is 2. The maximum absolute atomic E-state index is 13.2. The maximum atomic E-state index is 13.2. The van der Waals surface area contributed by atoms with Gasteiger partial charge in [0.25, 0.3) is 5.91 Å². The van der Waals surface area contributed by atoms with Gasteiger partial charge in [-0.2, -0.15) is 0 Å². The predicted molar refractivity (Wildman–Crippen MR) is 115 cm³/mol. The van der Waals surface area contributed by atoms with Crippen LogP contribution in [0.5, 0.6) is 11.6 Å². The molecule has 1 N–H and O–H groups in total. The molecule has 1 aliphatic rings. The summed E-state index contributed by atoms with van der Waals surface area (Å²) in [6.45, 7) is 2.87. The van der Waals surface area contributed by atoms with Crippen molar-refractivity contribution in [2.45, 2.75) is 26.3 Å². The maximum Gasteiger partial charge on any atom is 0.263 e. The van der Waals surface area contributed by atoms with E-state index in [1.54, 1.807) is 23.2 Å². The zero-order valence-corrected chi connectivity index (χ0v) is 16.8. The van der Waals surface area contributed by atoms with Crippen LogP contribution in [0.1, 0.15) is 34.3 Å². The number of hydrogen-bond donors (Lipinski definition) is 1. The first kappa shape index (κ1) is 19.6. The molecule has 0 fully saturated rings. The van der Waals surface area contributed by atoms with Gasteiger partial charge in [-0.05, 0) is 48.7 Å². The number of carbonyl (C=O) groups is 2. The zero-order chi connectivity index (χ0) is 20.9. The predicted octanol–water partition coefficient (Wildman–Crippen LogP) is 4.24. The lowest BCUT2D eigenvalue weighted by molar-refractivity contribution is -0.121. The van der Waals surface area contributed by atoms with Gasteiger partial charge in [-0.1, -0.05) is 36.4 Å². The van der Waals surface area contributed by atoms with E-state index >= 15 is 0 Å². The Kier molecular flexibility index (Phi) is 5.75. The molecule has 4 rings (SSSR count). The third-order valence-electron chi connectivity index (χ3n) is 4.98. The van der Waals surface area contributed by atoms with Crippen LogP contribution < -0.4 is 15.0 Å². The molecule has 6 heteroatoms. The number of ether oxygens (including phenoxy) is 1. The van der Waals surface area contributed by atoms with E-state index in [1.165, 1.54) is 0 Å². The highest BCUT2D eigenvalue weighted by molar-refractivity contribution is 6.09. The Morgan fingerprint density at radius 2 is 1.93 bits per heavy atom. The van der Waals surface area contributed by atoms with Gasteiger partial charge in [0.15, 0.2) is 5.75 Å². The Balaban J connectivity index is 1.45. The van der Waals surface area contributed by atoms with Gasteiger partial charge < -0.3 is 15.0 Å². The van der Waals surface area contributed by atoms with E-state index in [1.807, 2.05) is 55.5 Å². The van der Waals surface area contributed by atoms with Gasteiger partial charge in [-0.25, -0.2) is 4.98 Å². The van der Waals surface area contributed by atoms with Crippen LogP contribution in [0.15, 0.2) is 66.9 Å². The quantitative estimate of drug-likeness (QED) is 0.671. The highest BCUT2D eigenvalue weighted by Gasteiger charge is 2.28. The summed E-state index contributed by atoms with van der Waals surface area (Å²) < 4.78 is 5.92. The molecule has 0 aliphatic carbocycles. The molecule has 2 amide bonds. The van der Waals surface area contributed by atoms with Crippen LogP contribution in [0.2, 0.25) is 0 Å². The van der Waals surface area contributed by atoms with Crippen LogP contribution in [0, 0.1) is 6.92 Å². The van der Waals surface area contributed by atoms with Crippen LogP contribution in [0.25, 0.3) is 0 Å². The summed E-state index contributed by atoms with van der Waals surface area (Å²) in [5.41, 5.74) is 3.19. The lowest BCUT2D eigenvalue weighted by Crippen LogP contribution is -2.32. The largest absolute Gasteiger partial charge is 0.436 e. The molecule has 0 atom stereocenters. The Hall–Kier alpha value is -3.67. The van der Waals surface area contributed by atoms with E-state index in [-0.39, 0.29) is 11.8 Å². The average molecular weight is 401 g/mol. The minimum atomic E-state index is -0.174. The number of fused-ring (bicyclic) bond motifs is 2. The molecule has 0 bridgehead atoms. The highest BCUT2D eigenvalue weighted by Crippen LogP contribution is 2.38. The molecule has 2 heterocycles. The first-order valence-electron chi connectivity index (χ1n) is 9.98. The standard InChI is InChI=1S/C24H23N3O3/c1-17-11-12-21-20(15-17)27(24(29)19-9-5-13-25-23(19)30-21)14-6-10-22(28)26-16-18-7-3-2-4-8-18/h2-5,7-9,11-13,15H,6,10,14,16H2,1H3,(H,26,28). The summed E-state index contributed by atoms with van der Waals surface area (Å²) in [7, 11) is 0. The second kappa shape index (κ2) is 8.78. The van der Waals surface area contributed by atoms with Crippen LogP contribution in [0.3, 0.4) is 0 Å². The topological polar surface area (TPSA) is 71.5 Å². The normalized spacial score (nSPS) is 12.4. The molecule has 0 saturated heterocycles. The third-order valence-corrected chi connectivity index (χ3v) is 4.98. The van der Waals surface area contributed by atoms with Crippen LogP contribution in [0.4, 0.5) is 5.69 Å². The molecule has 1 aromatic heterocycles. The van der Waals surface area contributed by atoms with Gasteiger partial charge in [-0.15, -0.1) is 0 Å². The van der Waals surface area contributed by atoms with Crippen LogP contribution in [-0.2, 0) is 11.3 Å². The zero-order valence-electron chi connectivity index (χ0n) is 16.8. The van der Waals surface area contributed by atoms with Crippen LogP contribution in [-0.4, -0.2) is 23.3 Å². The van der Waals surface area contributed by atoms with Crippen molar-refractivity contribution in [3.8, 4) is 11.6 Å². The van der Waals surface area contributed by atoms with Gasteiger partial charge in [0.05, 0.1) is 5.69 Å². The van der Waals surface area contributed by atoms with Crippen LogP contribution >= 0.6 is 0 Å². The minimum absolute atomic E-state index is 0.0380. The smallest absolute Gasteiger partial charge is 0.263 e. The van der Waals surface area contributed by atoms with E-state index in [0.717, 1.165) is 11.1 Å². The Labute approximate surface area is 175 Å². The van der Waals surface area contributed by atoms with Crippen molar-refractivity contribution in [2.75, 3.05) is 11.4 Å². The molecule has 0 saturated carbocycles. The second-order valence-corrected chi connectivity index (χ2v) is 7.25. The van der Waals surface area contributed by atoms with Crippen molar-refractivity contribution in [3.63, 3.8) is 0 Å². The minimum Gasteiger partial charge on any atom is -0.436 e. The second-order valence-electron chi connectivity index (χ2n) is 7.25. The molecule has 0 unspecified atom stereocenters. The van der Waals surface area contributed by atoms with E-state index in [0.29, 0.717) is 48.8 Å². The fraction of sp³-hybridized carbons (Fsp3) is 0.208. The number of benzene rings is 2. The van der Waals surface area contributed by atoms with Crippen molar-refractivity contribution >= 4 is 17.5 Å². The molecule has 152 valence electrons. The van der Waals surface area contributed by atoms with Gasteiger partial charge in [0, 0.05) is 25.7 Å². The summed E-state index contributed by atoms with van der Waals surface area (Å²) in [4.78, 5) is 31.4. The molecule has 3 aromatic rings. The first-order valence-corrected chi connectivity index (χ1v) is 9.98. The summed E-state index contributed by atoms with van der Waals surface area (Å²) in [6.07, 6.45) is 2.47. The number of amides is 2. The molecule has 30 heavy (non-hydrogen) atoms. The van der Waals surface area contributed by atoms with Crippen molar-refractivity contribution in [3.05, 3.63) is 83.6 Å². The Morgan fingerprint density at radius 3 is 2.77 bits per heavy atom. The van der Waals surface area contributed by atoms with Crippen molar-refractivity contribution < 1.29 is 14.3 Å². The van der Waals surface area contributed by atoms with Gasteiger partial charge in [0.1, 0.15) is 5.56 Å². The Morgan fingerprint density at radius 1 is 1.10 bits per heavy atom. The van der Waals surface area contributed by atoms with Crippen molar-refractivity contribution in [1.82, 2.24) is 10.3 Å². The van der Waals surface area contributed by atoms with E-state index in [2.05, 4.69) is 10.3 Å². The van der Waals surface area contributed by atoms with Crippen molar-refractivity contribution in [2.24, 2.45) is 0 Å². The SMILES string of the molecule is Cc1ccc2c(c1)N(CCCC(=O)NCc1ccccc1)C(=O)c1cccnc1O2. The number of anilines is 1. The molecule has 0 radical (unpaired) electrons. The van der Waals surface area contributed by atoms with E-state index in [9.17, 15) is 9.59 Å². The lowest BCUT2D eigenvalue weighted by atomic mass is 10.1. The number of aromatic nitrogens is 1. The molecular weight excluding hydrogens is 378 g/mol. The number of rotatable bonds is 6. The third kappa shape index (κ3) is 4.33. The number of pyridine rings is 1. The number of nitrogens with zero attached hydrogens (tertiary/aromatic N) is 2. The molecule has 0 spiro atoms. The van der Waals surface area contributed by atoms with Gasteiger partial charge >= 0.3 is 0 Å². The summed E-state index contributed by atoms with van der Waals surface area (Å²) in [6, 6.07) is 18.9. The summed E-state index contributed by atoms with van der Waals surface area (Å²) in [5.74, 6) is 0.673. The molecular formula is C24H23N3O3. The number of aryl methyl sites for hydroxylation is 1. The summed E-state index contributed by atoms with van der Waals surface area (Å²) >= 11 is 0. The fourth-order valence-corrected chi connectivity index (χ4v) is 3.42. The molecule has 2 aromatic carbocycles. The van der Waals surface area contributed by atoms with Gasteiger partial charge in [0.2, 0.25) is 11.8 Å². The van der Waals surface area contributed by atoms with Crippen molar-refractivity contribution in [1.29, 1.82) is 0 Å². The lowest BCUT2D eigenvalue weighted by Gasteiger charge is -2.22. The highest BCUT2D eigenvalue weighted by atomic mass is 16.5. The monoisotopic (exact) mass is 401 g/mol. The number of hydrogen-bond acceptors (Lipinski definition) is 4. The number of nitrogens with one attached hydrogen (secondary N) is 1. The van der Waals surface area contributed by atoms with Gasteiger partial charge in [-0.3, -0.25) is 9.59 Å². The molecule has 6 nitrogen and oxygen atoms in total. The average Bonchev–Trinajstić information content (AvgIpc) is 2.88. The van der Waals surface area contributed by atoms with E-state index < -0.39 is 0 Å². The first-order chi connectivity index (χ1) is 14.6.